The first kappa shape index (κ1) is 21.0. The number of benzene rings is 3. The van der Waals surface area contributed by atoms with E-state index in [0.717, 1.165) is 38.9 Å². The maximum Gasteiger partial charge on any atom is 0.337 e. The summed E-state index contributed by atoms with van der Waals surface area (Å²) in [5.74, 6) is -0.685. The van der Waals surface area contributed by atoms with Crippen molar-refractivity contribution in [1.82, 2.24) is 10.3 Å². The molecule has 4 aromatic rings. The van der Waals surface area contributed by atoms with Crippen LogP contribution in [-0.2, 0) is 20.7 Å². The maximum absolute atomic E-state index is 12.5. The highest BCUT2D eigenvalue weighted by molar-refractivity contribution is 5.91. The molecule has 2 atom stereocenters. The molecule has 0 amide bonds. The fourth-order valence-electron chi connectivity index (χ4n) is 4.58. The van der Waals surface area contributed by atoms with Crippen LogP contribution in [0, 0.1) is 0 Å². The Bertz CT molecular complexity index is 1330. The summed E-state index contributed by atoms with van der Waals surface area (Å²) in [5.41, 5.74) is 6.81. The van der Waals surface area contributed by atoms with Gasteiger partial charge in [-0.05, 0) is 46.5 Å². The Kier molecular flexibility index (Phi) is 5.44. The second kappa shape index (κ2) is 8.56. The molecule has 166 valence electrons. The van der Waals surface area contributed by atoms with Crippen molar-refractivity contribution >= 4 is 22.8 Å². The predicted molar refractivity (Wildman–Crippen MR) is 126 cm³/mol. The molecule has 6 nitrogen and oxygen atoms in total. The Labute approximate surface area is 191 Å². The van der Waals surface area contributed by atoms with Crippen LogP contribution in [0.4, 0.5) is 0 Å². The normalized spacial score (nSPS) is 17.4. The van der Waals surface area contributed by atoms with E-state index in [9.17, 15) is 9.59 Å². The summed E-state index contributed by atoms with van der Waals surface area (Å²) < 4.78 is 9.87. The van der Waals surface area contributed by atoms with Gasteiger partial charge in [-0.2, -0.15) is 0 Å². The van der Waals surface area contributed by atoms with Gasteiger partial charge in [0.25, 0.3) is 0 Å². The van der Waals surface area contributed by atoms with Crippen LogP contribution < -0.4 is 5.32 Å². The number of aromatic amines is 1. The van der Waals surface area contributed by atoms with Gasteiger partial charge in [-0.25, -0.2) is 4.79 Å². The Morgan fingerprint density at radius 2 is 1.64 bits per heavy atom. The first-order chi connectivity index (χ1) is 16.1. The lowest BCUT2D eigenvalue weighted by molar-refractivity contribution is -0.143. The summed E-state index contributed by atoms with van der Waals surface area (Å²) in [5, 5.41) is 4.52. The molecule has 0 bridgehead atoms. The van der Waals surface area contributed by atoms with E-state index in [2.05, 4.69) is 40.6 Å². The minimum absolute atomic E-state index is 0.253. The lowest BCUT2D eigenvalue weighted by Gasteiger charge is -2.30. The van der Waals surface area contributed by atoms with Crippen molar-refractivity contribution in [3.05, 3.63) is 95.2 Å². The van der Waals surface area contributed by atoms with Crippen LogP contribution in [0.5, 0.6) is 0 Å². The highest BCUT2D eigenvalue weighted by Gasteiger charge is 2.34. The molecule has 33 heavy (non-hydrogen) atoms. The SMILES string of the molecule is COC(=O)c1ccc(C2NC(C(=O)OC)Cc3c2[nH]c2ccc(-c4ccccc4)cc32)cc1. The molecular formula is C27H24N2O4. The average Bonchev–Trinajstić information content (AvgIpc) is 3.25. The zero-order valence-electron chi connectivity index (χ0n) is 18.4. The maximum atomic E-state index is 12.5. The molecule has 2 heterocycles. The Hall–Kier alpha value is -3.90. The van der Waals surface area contributed by atoms with E-state index in [-0.39, 0.29) is 18.0 Å². The minimum atomic E-state index is -0.479. The van der Waals surface area contributed by atoms with Crippen LogP contribution in [0.15, 0.2) is 72.8 Å². The molecule has 3 aromatic carbocycles. The molecule has 0 saturated heterocycles. The van der Waals surface area contributed by atoms with Crippen LogP contribution in [0.1, 0.15) is 33.2 Å². The number of hydrogen-bond acceptors (Lipinski definition) is 5. The molecule has 1 aliphatic heterocycles. The summed E-state index contributed by atoms with van der Waals surface area (Å²) in [4.78, 5) is 27.9. The third kappa shape index (κ3) is 3.79. The first-order valence-electron chi connectivity index (χ1n) is 10.8. The van der Waals surface area contributed by atoms with Gasteiger partial charge in [0, 0.05) is 23.0 Å². The Balaban J connectivity index is 1.62. The summed E-state index contributed by atoms with van der Waals surface area (Å²) >= 11 is 0. The van der Waals surface area contributed by atoms with Gasteiger partial charge < -0.3 is 14.5 Å². The van der Waals surface area contributed by atoms with Gasteiger partial charge in [0.1, 0.15) is 6.04 Å². The van der Waals surface area contributed by atoms with Gasteiger partial charge in [0.05, 0.1) is 25.8 Å². The second-order valence-electron chi connectivity index (χ2n) is 8.14. The number of carbonyl (C=O) groups excluding carboxylic acids is 2. The van der Waals surface area contributed by atoms with Crippen molar-refractivity contribution in [3.63, 3.8) is 0 Å². The van der Waals surface area contributed by atoms with Crippen LogP contribution in [0.25, 0.3) is 22.0 Å². The number of nitrogens with one attached hydrogen (secondary N) is 2. The number of carbonyl (C=O) groups is 2. The first-order valence-corrected chi connectivity index (χ1v) is 10.8. The molecule has 1 aromatic heterocycles. The molecule has 6 heteroatoms. The zero-order valence-corrected chi connectivity index (χ0v) is 18.4. The molecule has 2 N–H and O–H groups in total. The third-order valence-corrected chi connectivity index (χ3v) is 6.26. The molecule has 0 radical (unpaired) electrons. The topological polar surface area (TPSA) is 80.4 Å². The van der Waals surface area contributed by atoms with E-state index < -0.39 is 6.04 Å². The Morgan fingerprint density at radius 1 is 0.879 bits per heavy atom. The average molecular weight is 440 g/mol. The summed E-state index contributed by atoms with van der Waals surface area (Å²) in [6, 6.07) is 23.1. The number of H-pyrrole nitrogens is 1. The lowest BCUT2D eigenvalue weighted by atomic mass is 9.89. The quantitative estimate of drug-likeness (QED) is 0.460. The molecule has 0 spiro atoms. The highest BCUT2D eigenvalue weighted by Crippen LogP contribution is 2.37. The van der Waals surface area contributed by atoms with Gasteiger partial charge in [0.15, 0.2) is 0 Å². The predicted octanol–water partition coefficient (Wildman–Crippen LogP) is 4.40. The number of aromatic nitrogens is 1. The molecular weight excluding hydrogens is 416 g/mol. The fourth-order valence-corrected chi connectivity index (χ4v) is 4.58. The van der Waals surface area contributed by atoms with Crippen molar-refractivity contribution in [2.24, 2.45) is 0 Å². The Morgan fingerprint density at radius 3 is 2.33 bits per heavy atom. The largest absolute Gasteiger partial charge is 0.468 e. The molecule has 0 saturated carbocycles. The van der Waals surface area contributed by atoms with Crippen LogP contribution >= 0.6 is 0 Å². The lowest BCUT2D eigenvalue weighted by Crippen LogP contribution is -2.45. The van der Waals surface area contributed by atoms with E-state index in [1.54, 1.807) is 12.1 Å². The molecule has 2 unspecified atom stereocenters. The molecule has 0 fully saturated rings. The van der Waals surface area contributed by atoms with Crippen LogP contribution in [0.2, 0.25) is 0 Å². The number of rotatable bonds is 4. The van der Waals surface area contributed by atoms with Crippen molar-refractivity contribution in [2.45, 2.75) is 18.5 Å². The summed E-state index contributed by atoms with van der Waals surface area (Å²) in [6.45, 7) is 0. The van der Waals surface area contributed by atoms with Gasteiger partial charge in [-0.3, -0.25) is 10.1 Å². The third-order valence-electron chi connectivity index (χ3n) is 6.26. The smallest absolute Gasteiger partial charge is 0.337 e. The van der Waals surface area contributed by atoms with Crippen molar-refractivity contribution in [2.75, 3.05) is 14.2 Å². The number of hydrogen-bond donors (Lipinski definition) is 2. The number of ether oxygens (including phenoxy) is 2. The van der Waals surface area contributed by atoms with Crippen LogP contribution in [0.3, 0.4) is 0 Å². The second-order valence-corrected chi connectivity index (χ2v) is 8.14. The highest BCUT2D eigenvalue weighted by atomic mass is 16.5. The van der Waals surface area contributed by atoms with E-state index in [1.165, 1.54) is 14.2 Å². The van der Waals surface area contributed by atoms with Crippen molar-refractivity contribution in [1.29, 1.82) is 0 Å². The number of fused-ring (bicyclic) bond motifs is 3. The fraction of sp³-hybridized carbons (Fsp3) is 0.185. The summed E-state index contributed by atoms with van der Waals surface area (Å²) in [7, 11) is 2.77. The van der Waals surface area contributed by atoms with Crippen molar-refractivity contribution < 1.29 is 19.1 Å². The van der Waals surface area contributed by atoms with Gasteiger partial charge in [-0.15, -0.1) is 0 Å². The van der Waals surface area contributed by atoms with Crippen LogP contribution in [-0.4, -0.2) is 37.2 Å². The molecule has 5 rings (SSSR count). The van der Waals surface area contributed by atoms with E-state index in [0.29, 0.717) is 12.0 Å². The minimum Gasteiger partial charge on any atom is -0.468 e. The monoisotopic (exact) mass is 440 g/mol. The van der Waals surface area contributed by atoms with Gasteiger partial charge in [0.2, 0.25) is 0 Å². The molecule has 0 aliphatic carbocycles. The van der Waals surface area contributed by atoms with E-state index in [4.69, 9.17) is 9.47 Å². The standard InChI is InChI=1S/C27H24N2O4/c1-32-26(30)18-10-8-17(9-11-18)24-25-21(15-23(29-24)27(31)33-2)20-14-19(12-13-22(20)28-25)16-6-4-3-5-7-16/h3-14,23-24,28-29H,15H2,1-2H3. The molecule has 1 aliphatic rings. The van der Waals surface area contributed by atoms with Gasteiger partial charge in [-0.1, -0.05) is 48.5 Å². The summed E-state index contributed by atoms with van der Waals surface area (Å²) in [6.07, 6.45) is 0.525. The number of methoxy groups -OCH3 is 2. The van der Waals surface area contributed by atoms with E-state index in [1.807, 2.05) is 30.3 Å². The van der Waals surface area contributed by atoms with Crippen molar-refractivity contribution in [3.8, 4) is 11.1 Å². The number of esters is 2. The zero-order chi connectivity index (χ0) is 22.9. The van der Waals surface area contributed by atoms with E-state index >= 15 is 0 Å². The van der Waals surface area contributed by atoms with Gasteiger partial charge >= 0.3 is 11.9 Å².